The minimum atomic E-state index is -0.911. The molecule has 2 heterocycles. The second-order valence-corrected chi connectivity index (χ2v) is 15.5. The van der Waals surface area contributed by atoms with Crippen molar-refractivity contribution in [3.8, 4) is 11.4 Å². The number of rotatable bonds is 8. The molecule has 0 saturated carbocycles. The highest BCUT2D eigenvalue weighted by molar-refractivity contribution is 6.30. The number of carbonyl (C=O) groups excluding carboxylic acids is 2. The van der Waals surface area contributed by atoms with Crippen LogP contribution >= 0.6 is 11.6 Å². The zero-order valence-corrected chi connectivity index (χ0v) is 29.7. The third kappa shape index (κ3) is 6.47. The van der Waals surface area contributed by atoms with Crippen LogP contribution in [0.15, 0.2) is 95.5 Å². The highest BCUT2D eigenvalue weighted by Crippen LogP contribution is 2.56. The van der Waals surface area contributed by atoms with E-state index in [0.29, 0.717) is 46.0 Å². The molecule has 0 N–H and O–H groups in total. The van der Waals surface area contributed by atoms with Crippen LogP contribution in [0.4, 0.5) is 17.1 Å². The van der Waals surface area contributed by atoms with Gasteiger partial charge in [0.15, 0.2) is 11.6 Å². The fraction of sp³-hybridized carbons (Fsp3) is 0.316. The summed E-state index contributed by atoms with van der Waals surface area (Å²) in [6.45, 7) is 8.05. The van der Waals surface area contributed by atoms with E-state index in [1.54, 1.807) is 30.5 Å². The molecule has 2 aliphatic carbocycles. The molecular formula is C38H35ClN6O7. The second kappa shape index (κ2) is 12.8. The summed E-state index contributed by atoms with van der Waals surface area (Å²) in [5, 5.41) is 32.1. The number of halogens is 1. The molecule has 0 saturated heterocycles. The Morgan fingerprint density at radius 1 is 0.788 bits per heavy atom. The predicted molar refractivity (Wildman–Crippen MR) is 192 cm³/mol. The summed E-state index contributed by atoms with van der Waals surface area (Å²) in [6.07, 6.45) is 3.12. The molecule has 13 nitrogen and oxygen atoms in total. The van der Waals surface area contributed by atoms with Crippen LogP contribution in [0.1, 0.15) is 70.6 Å². The van der Waals surface area contributed by atoms with E-state index in [-0.39, 0.29) is 48.1 Å². The normalized spacial score (nSPS) is 18.3. The lowest BCUT2D eigenvalue weighted by Gasteiger charge is -2.49. The molecule has 1 aliphatic heterocycles. The maximum Gasteiger partial charge on any atom is 0.270 e. The van der Waals surface area contributed by atoms with E-state index in [1.807, 2.05) is 44.7 Å². The zero-order chi connectivity index (χ0) is 37.1. The van der Waals surface area contributed by atoms with Crippen molar-refractivity contribution >= 4 is 40.2 Å². The van der Waals surface area contributed by atoms with E-state index in [0.717, 1.165) is 17.1 Å². The van der Waals surface area contributed by atoms with Crippen molar-refractivity contribution in [2.75, 3.05) is 4.90 Å². The number of ketones is 2. The highest BCUT2D eigenvalue weighted by atomic mass is 35.5. The number of ether oxygens (including phenoxy) is 1. The number of nitro groups is 2. The number of nitro benzene ring substituents is 2. The van der Waals surface area contributed by atoms with Crippen LogP contribution in [0.5, 0.6) is 5.75 Å². The summed E-state index contributed by atoms with van der Waals surface area (Å²) in [5.41, 5.74) is 3.36. The average Bonchev–Trinajstić information content (AvgIpc) is 3.55. The first-order valence-electron chi connectivity index (χ1n) is 16.8. The Labute approximate surface area is 303 Å². The highest BCUT2D eigenvalue weighted by Gasteiger charge is 2.50. The minimum absolute atomic E-state index is 0.0614. The molecule has 266 valence electrons. The second-order valence-electron chi connectivity index (χ2n) is 15.0. The van der Waals surface area contributed by atoms with Crippen molar-refractivity contribution in [3.05, 3.63) is 132 Å². The third-order valence-electron chi connectivity index (χ3n) is 9.75. The van der Waals surface area contributed by atoms with Gasteiger partial charge < -0.3 is 9.64 Å². The van der Waals surface area contributed by atoms with Crippen molar-refractivity contribution in [3.63, 3.8) is 0 Å². The number of Topliss-reactive ketones (excluding diaryl/α,β-unsaturated/α-hetero) is 2. The smallest absolute Gasteiger partial charge is 0.270 e. The standard InChI is InChI=1S/C38H35ClN6O7/c1-37(2)16-29-35(31(46)18-37)34(36-30(17-38(3,4)19-32(36)47)43(29)25-7-5-22(39)6-8-25)28-15-27(45(50)51)13-14-33(28)52-21-23-20-42(41-40-23)24-9-11-26(12-10-24)44(48)49/h5-15,20,34H,16-19,21H2,1-4H3. The first kappa shape index (κ1) is 34.7. The molecule has 14 heteroatoms. The molecule has 0 bridgehead atoms. The topological polar surface area (TPSA) is 164 Å². The summed E-state index contributed by atoms with van der Waals surface area (Å²) < 4.78 is 7.77. The Balaban J connectivity index is 1.36. The molecule has 3 aliphatic rings. The van der Waals surface area contributed by atoms with Gasteiger partial charge in [-0.15, -0.1) is 5.10 Å². The number of aromatic nitrogens is 3. The summed E-state index contributed by atoms with van der Waals surface area (Å²) in [7, 11) is 0. The van der Waals surface area contributed by atoms with Crippen LogP contribution < -0.4 is 9.64 Å². The molecule has 4 aromatic rings. The maximum atomic E-state index is 14.4. The number of benzene rings is 3. The molecule has 1 aromatic heterocycles. The molecule has 7 rings (SSSR count). The average molecular weight is 723 g/mol. The minimum Gasteiger partial charge on any atom is -0.487 e. The van der Waals surface area contributed by atoms with Crippen molar-refractivity contribution in [1.82, 2.24) is 15.0 Å². The Morgan fingerprint density at radius 2 is 1.33 bits per heavy atom. The van der Waals surface area contributed by atoms with E-state index in [4.69, 9.17) is 16.3 Å². The van der Waals surface area contributed by atoms with Gasteiger partial charge in [0.2, 0.25) is 0 Å². The van der Waals surface area contributed by atoms with Gasteiger partial charge in [-0.25, -0.2) is 4.68 Å². The van der Waals surface area contributed by atoms with Gasteiger partial charge in [-0.05, 0) is 66.1 Å². The van der Waals surface area contributed by atoms with Gasteiger partial charge in [-0.2, -0.15) is 0 Å². The van der Waals surface area contributed by atoms with E-state index in [9.17, 15) is 29.8 Å². The zero-order valence-electron chi connectivity index (χ0n) is 29.0. The number of anilines is 1. The largest absolute Gasteiger partial charge is 0.487 e. The van der Waals surface area contributed by atoms with Gasteiger partial charge in [0.05, 0.1) is 21.7 Å². The van der Waals surface area contributed by atoms with Crippen LogP contribution in [0.3, 0.4) is 0 Å². The number of hydrogen-bond donors (Lipinski definition) is 0. The number of non-ortho nitro benzene ring substituents is 2. The van der Waals surface area contributed by atoms with Crippen LogP contribution in [-0.2, 0) is 16.2 Å². The summed E-state index contributed by atoms with van der Waals surface area (Å²) in [6, 6.07) is 17.4. The lowest BCUT2D eigenvalue weighted by Crippen LogP contribution is -2.44. The monoisotopic (exact) mass is 722 g/mol. The molecule has 0 unspecified atom stereocenters. The van der Waals surface area contributed by atoms with Crippen molar-refractivity contribution < 1.29 is 24.2 Å². The number of allylic oxidation sites excluding steroid dienone is 4. The van der Waals surface area contributed by atoms with Crippen LogP contribution in [0.2, 0.25) is 5.02 Å². The van der Waals surface area contributed by atoms with Crippen LogP contribution in [0.25, 0.3) is 5.69 Å². The maximum absolute atomic E-state index is 14.4. The van der Waals surface area contributed by atoms with Gasteiger partial charge >= 0.3 is 0 Å². The number of nitrogens with zero attached hydrogens (tertiary/aromatic N) is 6. The summed E-state index contributed by atoms with van der Waals surface area (Å²) in [5.74, 6) is -0.924. The molecule has 0 amide bonds. The molecule has 0 fully saturated rings. The van der Waals surface area contributed by atoms with Gasteiger partial charge in [-0.1, -0.05) is 44.5 Å². The van der Waals surface area contributed by atoms with Gasteiger partial charge in [-0.3, -0.25) is 29.8 Å². The molecule has 0 spiro atoms. The van der Waals surface area contributed by atoms with E-state index < -0.39 is 26.6 Å². The Kier molecular flexibility index (Phi) is 8.56. The lowest BCUT2D eigenvalue weighted by atomic mass is 9.63. The van der Waals surface area contributed by atoms with Gasteiger partial charge in [0.25, 0.3) is 11.4 Å². The fourth-order valence-corrected chi connectivity index (χ4v) is 7.68. The summed E-state index contributed by atoms with van der Waals surface area (Å²) in [4.78, 5) is 53.1. The molecular weight excluding hydrogens is 688 g/mol. The number of carbonyl (C=O) groups is 2. The Hall–Kier alpha value is -5.69. The van der Waals surface area contributed by atoms with Crippen molar-refractivity contribution in [2.45, 2.75) is 65.9 Å². The lowest BCUT2D eigenvalue weighted by molar-refractivity contribution is -0.385. The van der Waals surface area contributed by atoms with Crippen molar-refractivity contribution in [1.29, 1.82) is 0 Å². The van der Waals surface area contributed by atoms with Crippen LogP contribution in [0, 0.1) is 31.1 Å². The Bertz CT molecular complexity index is 2170. The first-order chi connectivity index (χ1) is 24.6. The van der Waals surface area contributed by atoms with Gasteiger partial charge in [0.1, 0.15) is 18.1 Å². The number of hydrogen-bond acceptors (Lipinski definition) is 10. The molecule has 52 heavy (non-hydrogen) atoms. The third-order valence-corrected chi connectivity index (χ3v) is 10.0. The summed E-state index contributed by atoms with van der Waals surface area (Å²) >= 11 is 6.29. The van der Waals surface area contributed by atoms with E-state index in [1.165, 1.54) is 35.0 Å². The molecule has 0 atom stereocenters. The van der Waals surface area contributed by atoms with Crippen LogP contribution in [-0.4, -0.2) is 36.4 Å². The molecule has 3 aromatic carbocycles. The van der Waals surface area contributed by atoms with E-state index in [2.05, 4.69) is 10.3 Å². The van der Waals surface area contributed by atoms with Crippen molar-refractivity contribution in [2.24, 2.45) is 10.8 Å². The van der Waals surface area contributed by atoms with Gasteiger partial charge in [0, 0.05) is 81.8 Å². The first-order valence-corrected chi connectivity index (χ1v) is 17.1. The predicted octanol–water partition coefficient (Wildman–Crippen LogP) is 8.21. The van der Waals surface area contributed by atoms with E-state index >= 15 is 0 Å². The fourth-order valence-electron chi connectivity index (χ4n) is 7.55. The Morgan fingerprint density at radius 3 is 1.88 bits per heavy atom. The SMILES string of the molecule is CC1(C)CC(=O)C2=C(C1)N(c1ccc(Cl)cc1)C1=C(C(=O)CC(C)(C)C1)C2c1cc([N+](=O)[O-])ccc1OCc1cn(-c2ccc([N+](=O)[O-])cc2)nn1. The quantitative estimate of drug-likeness (QED) is 0.128. The molecule has 0 radical (unpaired) electrons.